The second-order valence-corrected chi connectivity index (χ2v) is 2.69. The maximum Gasteiger partial charge on any atom is 0.0885 e. The minimum Gasteiger partial charge on any atom is -0.399 e. The molecule has 0 fully saturated rings. The molecule has 1 heterocycles. The first kappa shape index (κ1) is 6.91. The number of nitrogens with one attached hydrogen (secondary N) is 1. The molecule has 0 saturated heterocycles. The Morgan fingerprint density at radius 3 is 3.08 bits per heavy atom. The van der Waals surface area contributed by atoms with Crippen molar-refractivity contribution in [2.24, 2.45) is 4.99 Å². The van der Waals surface area contributed by atoms with Gasteiger partial charge in [0.25, 0.3) is 0 Å². The number of nitrogens with zero attached hydrogens (tertiary/aromatic N) is 1. The van der Waals surface area contributed by atoms with Gasteiger partial charge in [-0.05, 0) is 18.2 Å². The molecule has 1 aliphatic rings. The van der Waals surface area contributed by atoms with Gasteiger partial charge in [-0.25, -0.2) is 0 Å². The van der Waals surface area contributed by atoms with E-state index in [4.69, 9.17) is 5.73 Å². The maximum absolute atomic E-state index is 5.59. The van der Waals surface area contributed by atoms with Crippen LogP contribution in [0, 0.1) is 0 Å². The SMILES string of the molecule is C=C1C=Nc2cc(N)ccc2N1. The highest BCUT2D eigenvalue weighted by molar-refractivity contribution is 5.92. The number of hydrogen-bond donors (Lipinski definition) is 2. The molecule has 3 N–H and O–H groups in total. The number of aliphatic imine (C=N–C) groups is 1. The van der Waals surface area contributed by atoms with E-state index in [1.807, 2.05) is 18.2 Å². The molecular formula is C9H9N3. The second-order valence-electron chi connectivity index (χ2n) is 2.69. The molecular weight excluding hydrogens is 150 g/mol. The third-order valence-electron chi connectivity index (χ3n) is 1.68. The second kappa shape index (κ2) is 2.37. The summed E-state index contributed by atoms with van der Waals surface area (Å²) in [6, 6.07) is 5.55. The summed E-state index contributed by atoms with van der Waals surface area (Å²) in [5.41, 5.74) is 8.93. The van der Waals surface area contributed by atoms with E-state index in [-0.39, 0.29) is 0 Å². The summed E-state index contributed by atoms with van der Waals surface area (Å²) in [7, 11) is 0. The lowest BCUT2D eigenvalue weighted by Crippen LogP contribution is -2.03. The average molecular weight is 159 g/mol. The van der Waals surface area contributed by atoms with E-state index in [9.17, 15) is 0 Å². The molecule has 0 amide bonds. The maximum atomic E-state index is 5.59. The topological polar surface area (TPSA) is 50.4 Å². The number of benzene rings is 1. The molecule has 0 aliphatic carbocycles. The number of rotatable bonds is 0. The molecule has 0 atom stereocenters. The third-order valence-corrected chi connectivity index (χ3v) is 1.68. The van der Waals surface area contributed by atoms with Crippen LogP contribution < -0.4 is 11.1 Å². The van der Waals surface area contributed by atoms with Gasteiger partial charge < -0.3 is 11.1 Å². The third kappa shape index (κ3) is 1.05. The normalized spacial score (nSPS) is 13.8. The van der Waals surface area contributed by atoms with Crippen LogP contribution in [0.5, 0.6) is 0 Å². The van der Waals surface area contributed by atoms with Crippen molar-refractivity contribution in [1.29, 1.82) is 0 Å². The molecule has 1 aromatic carbocycles. The van der Waals surface area contributed by atoms with Gasteiger partial charge in [-0.1, -0.05) is 6.58 Å². The van der Waals surface area contributed by atoms with E-state index < -0.39 is 0 Å². The van der Waals surface area contributed by atoms with Gasteiger partial charge >= 0.3 is 0 Å². The molecule has 0 spiro atoms. The van der Waals surface area contributed by atoms with E-state index in [1.54, 1.807) is 6.21 Å². The number of anilines is 2. The molecule has 0 radical (unpaired) electrons. The van der Waals surface area contributed by atoms with Crippen LogP contribution in [0.2, 0.25) is 0 Å². The monoisotopic (exact) mass is 159 g/mol. The molecule has 12 heavy (non-hydrogen) atoms. The highest BCUT2D eigenvalue weighted by Crippen LogP contribution is 2.30. The summed E-state index contributed by atoms with van der Waals surface area (Å²) >= 11 is 0. The van der Waals surface area contributed by atoms with Crippen LogP contribution in [0.25, 0.3) is 0 Å². The van der Waals surface area contributed by atoms with Gasteiger partial charge in [0.05, 0.1) is 17.6 Å². The van der Waals surface area contributed by atoms with Gasteiger partial charge in [-0.3, -0.25) is 4.99 Å². The van der Waals surface area contributed by atoms with Crippen molar-refractivity contribution in [3.8, 4) is 0 Å². The number of fused-ring (bicyclic) bond motifs is 1. The molecule has 2 rings (SSSR count). The predicted octanol–water partition coefficient (Wildman–Crippen LogP) is 1.91. The van der Waals surface area contributed by atoms with Crippen LogP contribution in [0.15, 0.2) is 35.5 Å². The quantitative estimate of drug-likeness (QED) is 0.568. The molecule has 0 saturated carbocycles. The van der Waals surface area contributed by atoms with E-state index in [2.05, 4.69) is 16.9 Å². The molecule has 0 aromatic heterocycles. The highest BCUT2D eigenvalue weighted by atomic mass is 15.0. The standard InChI is InChI=1S/C9H9N3/c1-6-5-11-9-4-7(10)2-3-8(9)12-6/h2-5,12H,1,10H2. The lowest BCUT2D eigenvalue weighted by Gasteiger charge is -2.13. The van der Waals surface area contributed by atoms with E-state index in [1.165, 1.54) is 0 Å². The minimum absolute atomic E-state index is 0.722. The first-order valence-corrected chi connectivity index (χ1v) is 3.65. The predicted molar refractivity (Wildman–Crippen MR) is 51.8 cm³/mol. The minimum atomic E-state index is 0.722. The van der Waals surface area contributed by atoms with E-state index >= 15 is 0 Å². The van der Waals surface area contributed by atoms with Gasteiger partial charge in [0.1, 0.15) is 0 Å². The Hall–Kier alpha value is -1.77. The van der Waals surface area contributed by atoms with Crippen molar-refractivity contribution in [3.63, 3.8) is 0 Å². The fourth-order valence-corrected chi connectivity index (χ4v) is 1.11. The first-order chi connectivity index (χ1) is 5.75. The zero-order valence-corrected chi connectivity index (χ0v) is 6.54. The van der Waals surface area contributed by atoms with Crippen molar-refractivity contribution < 1.29 is 0 Å². The van der Waals surface area contributed by atoms with Gasteiger partial charge in [0.15, 0.2) is 0 Å². The summed E-state index contributed by atoms with van der Waals surface area (Å²) in [4.78, 5) is 4.17. The molecule has 1 aromatic rings. The van der Waals surface area contributed by atoms with E-state index in [0.717, 1.165) is 22.8 Å². The van der Waals surface area contributed by atoms with Crippen LogP contribution in [-0.4, -0.2) is 6.21 Å². The highest BCUT2D eigenvalue weighted by Gasteiger charge is 2.05. The zero-order valence-electron chi connectivity index (χ0n) is 6.54. The number of nitrogens with two attached hydrogens (primary N) is 1. The molecule has 3 nitrogen and oxygen atoms in total. The largest absolute Gasteiger partial charge is 0.399 e. The van der Waals surface area contributed by atoms with Crippen molar-refractivity contribution in [3.05, 3.63) is 30.5 Å². The Labute approximate surface area is 70.6 Å². The molecule has 0 bridgehead atoms. The van der Waals surface area contributed by atoms with Gasteiger partial charge in [-0.2, -0.15) is 0 Å². The van der Waals surface area contributed by atoms with Crippen molar-refractivity contribution in [1.82, 2.24) is 0 Å². The number of nitrogen functional groups attached to an aromatic ring is 1. The Kier molecular flexibility index (Phi) is 1.37. The fraction of sp³-hybridized carbons (Fsp3) is 0. The van der Waals surface area contributed by atoms with Crippen LogP contribution in [0.4, 0.5) is 17.1 Å². The van der Waals surface area contributed by atoms with Gasteiger partial charge in [-0.15, -0.1) is 0 Å². The van der Waals surface area contributed by atoms with Crippen LogP contribution >= 0.6 is 0 Å². The molecule has 60 valence electrons. The summed E-state index contributed by atoms with van der Waals surface area (Å²) in [5, 5.41) is 3.09. The summed E-state index contributed by atoms with van der Waals surface area (Å²) in [6.45, 7) is 3.74. The lowest BCUT2D eigenvalue weighted by molar-refractivity contribution is 1.43. The summed E-state index contributed by atoms with van der Waals surface area (Å²) in [5.74, 6) is 0. The molecule has 3 heteroatoms. The Bertz CT molecular complexity index is 366. The van der Waals surface area contributed by atoms with E-state index in [0.29, 0.717) is 0 Å². The number of hydrogen-bond acceptors (Lipinski definition) is 3. The first-order valence-electron chi connectivity index (χ1n) is 3.65. The Morgan fingerprint density at radius 2 is 2.25 bits per heavy atom. The molecule has 1 aliphatic heterocycles. The summed E-state index contributed by atoms with van der Waals surface area (Å²) in [6.07, 6.45) is 1.68. The average Bonchev–Trinajstić information content (AvgIpc) is 2.05. The van der Waals surface area contributed by atoms with Crippen LogP contribution in [0.1, 0.15) is 0 Å². The fourth-order valence-electron chi connectivity index (χ4n) is 1.11. The van der Waals surface area contributed by atoms with Crippen molar-refractivity contribution >= 4 is 23.3 Å². The van der Waals surface area contributed by atoms with Crippen molar-refractivity contribution in [2.45, 2.75) is 0 Å². The van der Waals surface area contributed by atoms with Gasteiger partial charge in [0, 0.05) is 11.4 Å². The molecule has 0 unspecified atom stereocenters. The van der Waals surface area contributed by atoms with Crippen LogP contribution in [0.3, 0.4) is 0 Å². The van der Waals surface area contributed by atoms with Crippen molar-refractivity contribution in [2.75, 3.05) is 11.1 Å². The number of allylic oxidation sites excluding steroid dienone is 1. The Morgan fingerprint density at radius 1 is 1.42 bits per heavy atom. The smallest absolute Gasteiger partial charge is 0.0885 e. The summed E-state index contributed by atoms with van der Waals surface area (Å²) < 4.78 is 0. The van der Waals surface area contributed by atoms with Gasteiger partial charge in [0.2, 0.25) is 0 Å². The lowest BCUT2D eigenvalue weighted by atomic mass is 10.2. The Balaban J connectivity index is 2.54. The zero-order chi connectivity index (χ0) is 8.55. The van der Waals surface area contributed by atoms with Crippen LogP contribution in [-0.2, 0) is 0 Å².